The summed E-state index contributed by atoms with van der Waals surface area (Å²) in [7, 11) is 3.30. The minimum atomic E-state index is -0.472. The summed E-state index contributed by atoms with van der Waals surface area (Å²) < 4.78 is 12.0. The molecule has 6 nitrogen and oxygen atoms in total. The number of methoxy groups -OCH3 is 2. The summed E-state index contributed by atoms with van der Waals surface area (Å²) in [4.78, 5) is 15.0. The fraction of sp³-hybridized carbons (Fsp3) is 0.444. The lowest BCUT2D eigenvalue weighted by molar-refractivity contribution is -0.134. The first kappa shape index (κ1) is 18.2. The zero-order valence-corrected chi connectivity index (χ0v) is 14.3. The summed E-state index contributed by atoms with van der Waals surface area (Å²) in [6.45, 7) is 2.29. The van der Waals surface area contributed by atoms with Gasteiger partial charge in [0.1, 0.15) is 0 Å². The number of hydrogen-bond acceptors (Lipinski definition) is 4. The first-order valence-corrected chi connectivity index (χ1v) is 8.08. The first-order chi connectivity index (χ1) is 11.8. The van der Waals surface area contributed by atoms with Gasteiger partial charge >= 0.3 is 0 Å². The lowest BCUT2D eigenvalue weighted by Crippen LogP contribution is -2.40. The molecule has 0 radical (unpaired) electrons. The number of aromatic nitrogens is 2. The molecule has 6 heteroatoms. The van der Waals surface area contributed by atoms with Crippen molar-refractivity contribution in [2.24, 2.45) is 0 Å². The van der Waals surface area contributed by atoms with E-state index in [2.05, 4.69) is 5.10 Å². The van der Waals surface area contributed by atoms with E-state index < -0.39 is 6.04 Å². The van der Waals surface area contributed by atoms with Gasteiger partial charge in [-0.3, -0.25) is 9.48 Å². The van der Waals surface area contributed by atoms with Crippen molar-refractivity contribution in [1.29, 1.82) is 0 Å². The Labute approximate surface area is 143 Å². The summed E-state index contributed by atoms with van der Waals surface area (Å²) in [5, 5.41) is 4.29. The highest BCUT2D eigenvalue weighted by Crippen LogP contribution is 2.20. The van der Waals surface area contributed by atoms with Gasteiger partial charge in [0.05, 0.1) is 6.61 Å². The molecular formula is C18H25N3O3. The molecule has 2 rings (SSSR count). The Bertz CT molecular complexity index is 587. The molecular weight excluding hydrogens is 306 g/mol. The van der Waals surface area contributed by atoms with Crippen LogP contribution in [0.2, 0.25) is 0 Å². The van der Waals surface area contributed by atoms with Gasteiger partial charge in [-0.05, 0) is 18.1 Å². The fourth-order valence-corrected chi connectivity index (χ4v) is 2.58. The van der Waals surface area contributed by atoms with Crippen LogP contribution in [-0.2, 0) is 14.3 Å². The molecule has 0 fully saturated rings. The van der Waals surface area contributed by atoms with E-state index in [1.54, 1.807) is 25.1 Å². The van der Waals surface area contributed by atoms with Crippen LogP contribution in [0.3, 0.4) is 0 Å². The smallest absolute Gasteiger partial charge is 0.252 e. The fourth-order valence-electron chi connectivity index (χ4n) is 2.58. The van der Waals surface area contributed by atoms with Crippen LogP contribution >= 0.6 is 0 Å². The van der Waals surface area contributed by atoms with Crippen molar-refractivity contribution < 1.29 is 14.3 Å². The van der Waals surface area contributed by atoms with Gasteiger partial charge in [0.2, 0.25) is 0 Å². The van der Waals surface area contributed by atoms with Crippen molar-refractivity contribution in [2.75, 3.05) is 40.5 Å². The average Bonchev–Trinajstić information content (AvgIpc) is 3.13. The number of rotatable bonds is 10. The Morgan fingerprint density at radius 3 is 2.50 bits per heavy atom. The van der Waals surface area contributed by atoms with Crippen molar-refractivity contribution >= 4 is 5.91 Å². The Hall–Kier alpha value is -2.18. The largest absolute Gasteiger partial charge is 0.385 e. The maximum absolute atomic E-state index is 13.2. The highest BCUT2D eigenvalue weighted by Gasteiger charge is 2.27. The van der Waals surface area contributed by atoms with Crippen molar-refractivity contribution in [1.82, 2.24) is 14.7 Å². The normalized spacial score (nSPS) is 12.1. The molecule has 1 amide bonds. The van der Waals surface area contributed by atoms with Crippen LogP contribution < -0.4 is 0 Å². The van der Waals surface area contributed by atoms with Gasteiger partial charge in [-0.25, -0.2) is 0 Å². The van der Waals surface area contributed by atoms with E-state index in [-0.39, 0.29) is 5.91 Å². The van der Waals surface area contributed by atoms with E-state index in [0.717, 1.165) is 12.0 Å². The van der Waals surface area contributed by atoms with Gasteiger partial charge in [-0.1, -0.05) is 30.3 Å². The van der Waals surface area contributed by atoms with Crippen LogP contribution in [0.25, 0.3) is 0 Å². The molecule has 0 aliphatic rings. The average molecular weight is 331 g/mol. The maximum atomic E-state index is 13.2. The third kappa shape index (κ3) is 4.91. The minimum absolute atomic E-state index is 0.0121. The van der Waals surface area contributed by atoms with Crippen molar-refractivity contribution in [2.45, 2.75) is 12.5 Å². The SMILES string of the molecule is COCCCN(CCOC)C(=O)[C@@H](c1ccccc1)n1cccn1. The molecule has 0 spiro atoms. The number of hydrogen-bond donors (Lipinski definition) is 0. The Balaban J connectivity index is 2.23. The van der Waals surface area contributed by atoms with E-state index >= 15 is 0 Å². The lowest BCUT2D eigenvalue weighted by atomic mass is 10.1. The molecule has 0 unspecified atom stereocenters. The van der Waals surface area contributed by atoms with E-state index in [1.165, 1.54) is 0 Å². The van der Waals surface area contributed by atoms with Crippen molar-refractivity contribution in [3.63, 3.8) is 0 Å². The predicted molar refractivity (Wildman–Crippen MR) is 91.8 cm³/mol. The Morgan fingerprint density at radius 1 is 1.12 bits per heavy atom. The maximum Gasteiger partial charge on any atom is 0.252 e. The van der Waals surface area contributed by atoms with Crippen molar-refractivity contribution in [3.05, 3.63) is 54.4 Å². The van der Waals surface area contributed by atoms with Gasteiger partial charge < -0.3 is 14.4 Å². The molecule has 2 aromatic rings. The molecule has 0 saturated heterocycles. The summed E-state index contributed by atoms with van der Waals surface area (Å²) in [5.41, 5.74) is 0.917. The van der Waals surface area contributed by atoms with E-state index in [1.807, 2.05) is 47.5 Å². The van der Waals surface area contributed by atoms with Crippen LogP contribution in [0.1, 0.15) is 18.0 Å². The molecule has 1 atom stereocenters. The molecule has 1 aromatic carbocycles. The molecule has 130 valence electrons. The number of ether oxygens (including phenoxy) is 2. The van der Waals surface area contributed by atoms with Crippen LogP contribution in [0.15, 0.2) is 48.8 Å². The van der Waals surface area contributed by atoms with Crippen LogP contribution in [-0.4, -0.2) is 61.1 Å². The Morgan fingerprint density at radius 2 is 1.88 bits per heavy atom. The first-order valence-electron chi connectivity index (χ1n) is 8.08. The van der Waals surface area contributed by atoms with Crippen LogP contribution in [0.4, 0.5) is 0 Å². The summed E-state index contributed by atoms with van der Waals surface area (Å²) in [5.74, 6) is 0.0121. The second-order valence-corrected chi connectivity index (χ2v) is 5.46. The quantitative estimate of drug-likeness (QED) is 0.625. The third-order valence-corrected chi connectivity index (χ3v) is 3.79. The van der Waals surface area contributed by atoms with E-state index in [9.17, 15) is 4.79 Å². The minimum Gasteiger partial charge on any atom is -0.385 e. The monoisotopic (exact) mass is 331 g/mol. The van der Waals surface area contributed by atoms with Gasteiger partial charge in [0, 0.05) is 46.3 Å². The molecule has 24 heavy (non-hydrogen) atoms. The van der Waals surface area contributed by atoms with Gasteiger partial charge in [-0.15, -0.1) is 0 Å². The number of nitrogens with zero attached hydrogens (tertiary/aromatic N) is 3. The van der Waals surface area contributed by atoms with Gasteiger partial charge in [0.25, 0.3) is 5.91 Å². The highest BCUT2D eigenvalue weighted by atomic mass is 16.5. The number of amides is 1. The summed E-state index contributed by atoms with van der Waals surface area (Å²) in [6.07, 6.45) is 4.29. The van der Waals surface area contributed by atoms with Crippen molar-refractivity contribution in [3.8, 4) is 0 Å². The summed E-state index contributed by atoms with van der Waals surface area (Å²) in [6, 6.07) is 11.1. The van der Waals surface area contributed by atoms with Gasteiger partial charge in [0.15, 0.2) is 6.04 Å². The zero-order valence-electron chi connectivity index (χ0n) is 14.3. The van der Waals surface area contributed by atoms with Crippen LogP contribution in [0.5, 0.6) is 0 Å². The number of carbonyl (C=O) groups is 1. The molecule has 1 heterocycles. The third-order valence-electron chi connectivity index (χ3n) is 3.79. The molecule has 0 aliphatic heterocycles. The lowest BCUT2D eigenvalue weighted by Gasteiger charge is -2.27. The summed E-state index contributed by atoms with van der Waals surface area (Å²) >= 11 is 0. The molecule has 1 aromatic heterocycles. The zero-order chi connectivity index (χ0) is 17.2. The van der Waals surface area contributed by atoms with Gasteiger partial charge in [-0.2, -0.15) is 5.10 Å². The van der Waals surface area contributed by atoms with Crippen LogP contribution in [0, 0.1) is 0 Å². The second kappa shape index (κ2) is 9.85. The number of carbonyl (C=O) groups excluding carboxylic acids is 1. The second-order valence-electron chi connectivity index (χ2n) is 5.46. The predicted octanol–water partition coefficient (Wildman–Crippen LogP) is 1.98. The topological polar surface area (TPSA) is 56.6 Å². The molecule has 0 aliphatic carbocycles. The Kier molecular flexibility index (Phi) is 7.45. The number of benzene rings is 1. The molecule has 0 N–H and O–H groups in total. The molecule has 0 saturated carbocycles. The standard InChI is InChI=1S/C18H25N3O3/c1-23-14-7-11-20(13-15-24-2)18(22)17(21-12-6-10-19-21)16-8-4-3-5-9-16/h3-6,8-10,12,17H,7,11,13-15H2,1-2H3/t17-/m1/s1. The van der Waals surface area contributed by atoms with E-state index in [4.69, 9.17) is 9.47 Å². The van der Waals surface area contributed by atoms with E-state index in [0.29, 0.717) is 26.3 Å². The molecule has 0 bridgehead atoms. The highest BCUT2D eigenvalue weighted by molar-refractivity contribution is 5.83.